The van der Waals surface area contributed by atoms with Gasteiger partial charge >= 0.3 is 5.82 Å². The van der Waals surface area contributed by atoms with Gasteiger partial charge in [-0.05, 0) is 53.4 Å². The van der Waals surface area contributed by atoms with Crippen LogP contribution < -0.4 is 19.8 Å². The van der Waals surface area contributed by atoms with Gasteiger partial charge < -0.3 is 29.1 Å². The third-order valence-corrected chi connectivity index (χ3v) is 8.56. The van der Waals surface area contributed by atoms with E-state index in [4.69, 9.17) is 9.47 Å². The molecule has 1 saturated heterocycles. The standard InChI is InChI=1S/C32H32FN7O5/c1-20-19-45-32-25(7-9-34)27(33)13-26-30(32)39(20)17-22(31(26)41)16-38(15-21-8-10-35-29(12-21)44-2)24-4-3-11-37(18-24)23-5-6-28(36-14-23)40(42)43/h5-6,8,10,12-14,17,20,24H,3-4,7,11,15-16,18-19H2,1-2H3/t20?,24-/m0/s1. The molecule has 0 amide bonds. The van der Waals surface area contributed by atoms with Crippen LogP contribution in [0.15, 0.2) is 53.7 Å². The van der Waals surface area contributed by atoms with Crippen molar-refractivity contribution < 1.29 is 18.8 Å². The molecule has 6 rings (SSSR count). The van der Waals surface area contributed by atoms with Crippen LogP contribution in [0.2, 0.25) is 0 Å². The highest BCUT2D eigenvalue weighted by Gasteiger charge is 2.30. The van der Waals surface area contributed by atoms with E-state index in [0.717, 1.165) is 30.6 Å². The monoisotopic (exact) mass is 613 g/mol. The lowest BCUT2D eigenvalue weighted by Crippen LogP contribution is -2.48. The van der Waals surface area contributed by atoms with Crippen LogP contribution in [-0.2, 0) is 19.5 Å². The summed E-state index contributed by atoms with van der Waals surface area (Å²) < 4.78 is 28.5. The van der Waals surface area contributed by atoms with E-state index in [1.807, 2.05) is 35.9 Å². The number of piperidine rings is 1. The SMILES string of the molecule is COc1cc(CN(Cc2cn3c4c(c(CC#N)c(F)cc4c2=O)OCC3C)[C@H]2CCCN(c3ccc([N+](=O)[O-])nc3)C2)ccn1. The van der Waals surface area contributed by atoms with Crippen LogP contribution in [0, 0.1) is 27.3 Å². The maximum Gasteiger partial charge on any atom is 0.363 e. The quantitative estimate of drug-likeness (QED) is 0.195. The van der Waals surface area contributed by atoms with Gasteiger partial charge in [0.1, 0.15) is 12.4 Å². The number of methoxy groups -OCH3 is 1. The zero-order chi connectivity index (χ0) is 31.7. The molecule has 1 fully saturated rings. The summed E-state index contributed by atoms with van der Waals surface area (Å²) in [7, 11) is 1.56. The number of nitriles is 1. The maximum atomic E-state index is 15.2. The van der Waals surface area contributed by atoms with Crippen molar-refractivity contribution in [3.63, 3.8) is 0 Å². The molecule has 1 aromatic carbocycles. The van der Waals surface area contributed by atoms with Crippen molar-refractivity contribution in [2.75, 3.05) is 31.7 Å². The Balaban J connectivity index is 1.39. The molecule has 0 aliphatic carbocycles. The topological polar surface area (TPSA) is 140 Å². The number of halogens is 1. The molecule has 1 unspecified atom stereocenters. The van der Waals surface area contributed by atoms with Crippen LogP contribution in [0.3, 0.4) is 0 Å². The Hall–Kier alpha value is -5.09. The highest BCUT2D eigenvalue weighted by atomic mass is 19.1. The molecule has 0 spiro atoms. The molecule has 12 nitrogen and oxygen atoms in total. The van der Waals surface area contributed by atoms with Gasteiger partial charge in [0, 0.05) is 67.9 Å². The Kier molecular flexibility index (Phi) is 8.32. The van der Waals surface area contributed by atoms with Crippen LogP contribution in [0.4, 0.5) is 15.9 Å². The molecule has 3 aromatic heterocycles. The average Bonchev–Trinajstić information content (AvgIpc) is 3.05. The summed E-state index contributed by atoms with van der Waals surface area (Å²) in [4.78, 5) is 37.2. The Labute approximate surface area is 258 Å². The summed E-state index contributed by atoms with van der Waals surface area (Å²) >= 11 is 0. The van der Waals surface area contributed by atoms with Crippen LogP contribution >= 0.6 is 0 Å². The molecule has 0 N–H and O–H groups in total. The highest BCUT2D eigenvalue weighted by molar-refractivity contribution is 5.88. The molecule has 232 valence electrons. The zero-order valence-electron chi connectivity index (χ0n) is 25.0. The Morgan fingerprint density at radius 1 is 1.27 bits per heavy atom. The molecule has 2 aliphatic rings. The van der Waals surface area contributed by atoms with Gasteiger partial charge in [-0.25, -0.2) is 9.37 Å². The average molecular weight is 614 g/mol. The van der Waals surface area contributed by atoms with Gasteiger partial charge in [-0.3, -0.25) is 9.69 Å². The van der Waals surface area contributed by atoms with Crippen molar-refractivity contribution in [1.82, 2.24) is 19.4 Å². The summed E-state index contributed by atoms with van der Waals surface area (Å²) in [6, 6.07) is 10.0. The maximum absolute atomic E-state index is 15.2. The van der Waals surface area contributed by atoms with Crippen molar-refractivity contribution in [2.24, 2.45) is 0 Å². The lowest BCUT2D eigenvalue weighted by molar-refractivity contribution is -0.389. The molecule has 2 aliphatic heterocycles. The number of hydrogen-bond acceptors (Lipinski definition) is 10. The smallest absolute Gasteiger partial charge is 0.363 e. The minimum Gasteiger partial charge on any atom is -0.489 e. The van der Waals surface area contributed by atoms with E-state index in [-0.39, 0.29) is 53.1 Å². The van der Waals surface area contributed by atoms with Gasteiger partial charge in [0.05, 0.1) is 42.2 Å². The Morgan fingerprint density at radius 2 is 2.11 bits per heavy atom. The van der Waals surface area contributed by atoms with Gasteiger partial charge in [0.25, 0.3) is 0 Å². The van der Waals surface area contributed by atoms with Gasteiger partial charge in [-0.1, -0.05) is 0 Å². The number of ether oxygens (including phenoxy) is 2. The second kappa shape index (κ2) is 12.5. The van der Waals surface area contributed by atoms with Crippen molar-refractivity contribution in [1.29, 1.82) is 5.26 Å². The first kappa shape index (κ1) is 30.0. The summed E-state index contributed by atoms with van der Waals surface area (Å²) in [5.74, 6) is -0.0985. The van der Waals surface area contributed by atoms with Crippen molar-refractivity contribution >= 4 is 22.4 Å². The number of nitro groups is 1. The molecule has 0 bridgehead atoms. The lowest BCUT2D eigenvalue weighted by atomic mass is 10.00. The first-order chi connectivity index (χ1) is 21.8. The molecule has 4 aromatic rings. The fourth-order valence-electron chi connectivity index (χ4n) is 6.28. The number of hydrogen-bond donors (Lipinski definition) is 0. The van der Waals surface area contributed by atoms with Crippen LogP contribution in [0.1, 0.15) is 42.5 Å². The minimum atomic E-state index is -0.630. The molecule has 0 saturated carbocycles. The van der Waals surface area contributed by atoms with Gasteiger partial charge in [0.2, 0.25) is 5.88 Å². The van der Waals surface area contributed by atoms with E-state index in [1.165, 1.54) is 18.3 Å². The van der Waals surface area contributed by atoms with Crippen LogP contribution in [0.5, 0.6) is 11.6 Å². The van der Waals surface area contributed by atoms with Crippen molar-refractivity contribution in [3.8, 4) is 17.7 Å². The van der Waals surface area contributed by atoms with Crippen molar-refractivity contribution in [2.45, 2.75) is 51.4 Å². The van der Waals surface area contributed by atoms with Gasteiger partial charge in [-0.2, -0.15) is 5.26 Å². The van der Waals surface area contributed by atoms with E-state index in [9.17, 15) is 20.2 Å². The highest BCUT2D eigenvalue weighted by Crippen LogP contribution is 2.37. The molecular formula is C32H32FN7O5. The third kappa shape index (κ3) is 5.88. The number of benzene rings is 1. The fraction of sp³-hybridized carbons (Fsp3) is 0.375. The molecule has 2 atom stereocenters. The summed E-state index contributed by atoms with van der Waals surface area (Å²) in [6.07, 6.45) is 6.62. The number of pyridine rings is 3. The number of aromatic nitrogens is 3. The van der Waals surface area contributed by atoms with Crippen molar-refractivity contribution in [3.05, 3.63) is 91.8 Å². The molecule has 0 radical (unpaired) electrons. The summed E-state index contributed by atoms with van der Waals surface area (Å²) in [6.45, 7) is 4.42. The zero-order valence-corrected chi connectivity index (χ0v) is 25.0. The first-order valence-corrected chi connectivity index (χ1v) is 14.7. The van der Waals surface area contributed by atoms with E-state index >= 15 is 4.39 Å². The predicted molar refractivity (Wildman–Crippen MR) is 164 cm³/mol. The third-order valence-electron chi connectivity index (χ3n) is 8.56. The fourth-order valence-corrected chi connectivity index (χ4v) is 6.28. The Bertz CT molecular complexity index is 1860. The summed E-state index contributed by atoms with van der Waals surface area (Å²) in [5.41, 5.74) is 2.64. The second-order valence-electron chi connectivity index (χ2n) is 11.4. The van der Waals surface area contributed by atoms with E-state index in [0.29, 0.717) is 36.6 Å². The van der Waals surface area contributed by atoms with E-state index in [2.05, 4.69) is 19.8 Å². The number of anilines is 1. The van der Waals surface area contributed by atoms with Gasteiger partial charge in [-0.15, -0.1) is 0 Å². The van der Waals surface area contributed by atoms with Crippen LogP contribution in [-0.4, -0.2) is 57.2 Å². The summed E-state index contributed by atoms with van der Waals surface area (Å²) in [5, 5.41) is 20.6. The number of nitrogens with zero attached hydrogens (tertiary/aromatic N) is 7. The van der Waals surface area contributed by atoms with Gasteiger partial charge in [0.15, 0.2) is 17.4 Å². The molecule has 13 heteroatoms. The molecular weight excluding hydrogens is 581 g/mol. The predicted octanol–water partition coefficient (Wildman–Crippen LogP) is 4.54. The number of rotatable bonds is 9. The molecule has 5 heterocycles. The lowest BCUT2D eigenvalue weighted by Gasteiger charge is -2.40. The Morgan fingerprint density at radius 3 is 2.84 bits per heavy atom. The van der Waals surface area contributed by atoms with E-state index in [1.54, 1.807) is 19.4 Å². The molecule has 45 heavy (non-hydrogen) atoms. The normalized spacial score (nSPS) is 17.6. The van der Waals surface area contributed by atoms with E-state index < -0.39 is 10.7 Å². The largest absolute Gasteiger partial charge is 0.489 e. The van der Waals surface area contributed by atoms with Crippen LogP contribution in [0.25, 0.3) is 10.9 Å². The second-order valence-corrected chi connectivity index (χ2v) is 11.4. The first-order valence-electron chi connectivity index (χ1n) is 14.7. The minimum absolute atomic E-state index is 0.00983.